The first-order valence-electron chi connectivity index (χ1n) is 8.70. The van der Waals surface area contributed by atoms with Crippen molar-refractivity contribution >= 4 is 33.5 Å². The van der Waals surface area contributed by atoms with E-state index in [0.717, 1.165) is 4.90 Å². The number of hydrogen-bond acceptors (Lipinski definition) is 7. The van der Waals surface area contributed by atoms with Gasteiger partial charge in [0.25, 0.3) is 5.91 Å². The summed E-state index contributed by atoms with van der Waals surface area (Å²) in [6, 6.07) is 4.76. The topological polar surface area (TPSA) is 90.0 Å². The third-order valence-electron chi connectivity index (χ3n) is 4.39. The Morgan fingerprint density at radius 3 is 2.63 bits per heavy atom. The highest BCUT2D eigenvalue weighted by atomic mass is 32.2. The van der Waals surface area contributed by atoms with Gasteiger partial charge in [-0.1, -0.05) is 6.92 Å². The fourth-order valence-electron chi connectivity index (χ4n) is 3.03. The Balaban J connectivity index is 2.03. The third kappa shape index (κ3) is 5.62. The van der Waals surface area contributed by atoms with Crippen LogP contribution in [-0.4, -0.2) is 69.3 Å². The molecule has 9 heteroatoms. The molecular formula is C18H25NO6S2. The third-order valence-corrected chi connectivity index (χ3v) is 6.87. The lowest BCUT2D eigenvalue weighted by molar-refractivity contribution is -0.136. The van der Waals surface area contributed by atoms with Crippen LogP contribution in [0.25, 0.3) is 0 Å². The predicted molar refractivity (Wildman–Crippen MR) is 104 cm³/mol. The summed E-state index contributed by atoms with van der Waals surface area (Å²) in [7, 11) is -1.64. The average molecular weight is 416 g/mol. The summed E-state index contributed by atoms with van der Waals surface area (Å²) in [6.45, 7) is 1.92. The van der Waals surface area contributed by atoms with Crippen molar-refractivity contribution in [2.75, 3.05) is 38.0 Å². The lowest BCUT2D eigenvalue weighted by Crippen LogP contribution is -2.43. The number of ether oxygens (including phenoxy) is 2. The zero-order valence-corrected chi connectivity index (χ0v) is 17.4. The molecule has 1 heterocycles. The van der Waals surface area contributed by atoms with Crippen LogP contribution in [0.4, 0.5) is 0 Å². The number of methoxy groups -OCH3 is 1. The monoisotopic (exact) mass is 415 g/mol. The van der Waals surface area contributed by atoms with Crippen LogP contribution in [-0.2, 0) is 19.4 Å². The molecule has 1 aliphatic rings. The summed E-state index contributed by atoms with van der Waals surface area (Å²) in [6.07, 6.45) is 3.03. The number of benzene rings is 1. The number of rotatable bonds is 8. The van der Waals surface area contributed by atoms with Gasteiger partial charge in [0.15, 0.2) is 16.4 Å². The van der Waals surface area contributed by atoms with Crippen LogP contribution in [0.2, 0.25) is 0 Å². The maximum atomic E-state index is 12.5. The summed E-state index contributed by atoms with van der Waals surface area (Å²) >= 11 is 1.52. The zero-order valence-electron chi connectivity index (χ0n) is 15.8. The summed E-state index contributed by atoms with van der Waals surface area (Å²) in [5.41, 5.74) is 0.244. The summed E-state index contributed by atoms with van der Waals surface area (Å²) in [5.74, 6) is -0.595. The van der Waals surface area contributed by atoms with Crippen LogP contribution in [0.1, 0.15) is 30.1 Å². The van der Waals surface area contributed by atoms with Crippen molar-refractivity contribution in [3.8, 4) is 5.75 Å². The highest BCUT2D eigenvalue weighted by molar-refractivity contribution is 7.98. The van der Waals surface area contributed by atoms with Gasteiger partial charge in [-0.3, -0.25) is 4.79 Å². The number of carbonyl (C=O) groups excluding carboxylic acids is 2. The second-order valence-corrected chi connectivity index (χ2v) is 9.39. The van der Waals surface area contributed by atoms with Crippen LogP contribution in [0.3, 0.4) is 0 Å². The molecule has 1 aromatic carbocycles. The van der Waals surface area contributed by atoms with E-state index in [1.807, 2.05) is 13.2 Å². The number of hydrogen-bond donors (Lipinski definition) is 0. The van der Waals surface area contributed by atoms with Gasteiger partial charge in [-0.05, 0) is 37.3 Å². The largest absolute Gasteiger partial charge is 0.496 e. The molecule has 1 amide bonds. The SMILES string of the molecule is CCCN(C(=O)COC(=O)c1ccc(SC)cc1OC)[C@H]1CCS(=O)(=O)C1. The first kappa shape index (κ1) is 21.6. The van der Waals surface area contributed by atoms with Crippen LogP contribution in [0, 0.1) is 0 Å². The van der Waals surface area contributed by atoms with Gasteiger partial charge in [0.1, 0.15) is 11.3 Å². The average Bonchev–Trinajstić information content (AvgIpc) is 3.02. The van der Waals surface area contributed by atoms with Crippen molar-refractivity contribution in [1.82, 2.24) is 4.90 Å². The maximum absolute atomic E-state index is 12.5. The molecule has 1 aliphatic heterocycles. The number of amides is 1. The normalized spacial score (nSPS) is 18.1. The molecule has 0 spiro atoms. The second kappa shape index (κ2) is 9.45. The number of thioether (sulfide) groups is 1. The fourth-order valence-corrected chi connectivity index (χ4v) is 5.19. The molecule has 0 aliphatic carbocycles. The molecule has 1 atom stereocenters. The van der Waals surface area contributed by atoms with Crippen molar-refractivity contribution in [2.24, 2.45) is 0 Å². The summed E-state index contributed by atoms with van der Waals surface area (Å²) < 4.78 is 33.8. The summed E-state index contributed by atoms with van der Waals surface area (Å²) in [4.78, 5) is 27.4. The molecule has 150 valence electrons. The number of nitrogens with zero attached hydrogens (tertiary/aromatic N) is 1. The Hall–Kier alpha value is -1.74. The maximum Gasteiger partial charge on any atom is 0.342 e. The van der Waals surface area contributed by atoms with Gasteiger partial charge in [-0.2, -0.15) is 0 Å². The van der Waals surface area contributed by atoms with E-state index < -0.39 is 22.4 Å². The molecule has 0 unspecified atom stereocenters. The van der Waals surface area contributed by atoms with Crippen LogP contribution in [0.15, 0.2) is 23.1 Å². The molecule has 1 fully saturated rings. The van der Waals surface area contributed by atoms with E-state index in [0.29, 0.717) is 25.1 Å². The molecule has 2 rings (SSSR count). The molecular weight excluding hydrogens is 390 g/mol. The van der Waals surface area contributed by atoms with E-state index in [-0.39, 0.29) is 29.0 Å². The molecule has 0 N–H and O–H groups in total. The first-order chi connectivity index (χ1) is 12.8. The highest BCUT2D eigenvalue weighted by Crippen LogP contribution is 2.26. The van der Waals surface area contributed by atoms with E-state index >= 15 is 0 Å². The lowest BCUT2D eigenvalue weighted by Gasteiger charge is -2.27. The van der Waals surface area contributed by atoms with Crippen LogP contribution < -0.4 is 4.74 Å². The molecule has 0 bridgehead atoms. The van der Waals surface area contributed by atoms with E-state index in [9.17, 15) is 18.0 Å². The number of esters is 1. The second-order valence-electron chi connectivity index (χ2n) is 6.29. The Labute approximate surface area is 164 Å². The van der Waals surface area contributed by atoms with Crippen molar-refractivity contribution in [3.63, 3.8) is 0 Å². The standard InChI is InChI=1S/C18H25NO6S2/c1-4-8-19(13-7-9-27(22,23)12-13)17(20)11-25-18(21)15-6-5-14(26-3)10-16(15)24-2/h5-6,10,13H,4,7-9,11-12H2,1-3H3/t13-/m0/s1. The van der Waals surface area contributed by atoms with Gasteiger partial charge < -0.3 is 14.4 Å². The van der Waals surface area contributed by atoms with Gasteiger partial charge in [0, 0.05) is 17.5 Å². The number of sulfone groups is 1. The minimum absolute atomic E-state index is 0.0311. The van der Waals surface area contributed by atoms with E-state index in [4.69, 9.17) is 9.47 Å². The van der Waals surface area contributed by atoms with Crippen molar-refractivity contribution in [2.45, 2.75) is 30.7 Å². The Bertz CT molecular complexity index is 793. The van der Waals surface area contributed by atoms with E-state index in [1.54, 1.807) is 18.2 Å². The van der Waals surface area contributed by atoms with Crippen molar-refractivity contribution < 1.29 is 27.5 Å². The van der Waals surface area contributed by atoms with Crippen LogP contribution in [0.5, 0.6) is 5.75 Å². The highest BCUT2D eigenvalue weighted by Gasteiger charge is 2.34. The van der Waals surface area contributed by atoms with Gasteiger partial charge in [-0.25, -0.2) is 13.2 Å². The number of carbonyl (C=O) groups is 2. The Morgan fingerprint density at radius 1 is 1.33 bits per heavy atom. The first-order valence-corrected chi connectivity index (χ1v) is 11.7. The molecule has 1 aromatic rings. The molecule has 0 saturated carbocycles. The Morgan fingerprint density at radius 2 is 2.07 bits per heavy atom. The van der Waals surface area contributed by atoms with E-state index in [1.165, 1.54) is 23.8 Å². The minimum Gasteiger partial charge on any atom is -0.496 e. The smallest absolute Gasteiger partial charge is 0.342 e. The van der Waals surface area contributed by atoms with E-state index in [2.05, 4.69) is 0 Å². The predicted octanol–water partition coefficient (Wildman–Crippen LogP) is 2.00. The zero-order chi connectivity index (χ0) is 20.0. The summed E-state index contributed by atoms with van der Waals surface area (Å²) in [5, 5.41) is 0. The quantitative estimate of drug-likeness (QED) is 0.474. The van der Waals surface area contributed by atoms with Gasteiger partial charge in [-0.15, -0.1) is 11.8 Å². The van der Waals surface area contributed by atoms with Gasteiger partial charge in [0.05, 0.1) is 18.6 Å². The minimum atomic E-state index is -3.10. The van der Waals surface area contributed by atoms with Gasteiger partial charge >= 0.3 is 5.97 Å². The van der Waals surface area contributed by atoms with Gasteiger partial charge in [0.2, 0.25) is 0 Å². The molecule has 27 heavy (non-hydrogen) atoms. The molecule has 7 nitrogen and oxygen atoms in total. The van der Waals surface area contributed by atoms with Crippen molar-refractivity contribution in [1.29, 1.82) is 0 Å². The lowest BCUT2D eigenvalue weighted by atomic mass is 10.2. The van der Waals surface area contributed by atoms with Crippen molar-refractivity contribution in [3.05, 3.63) is 23.8 Å². The molecule has 1 saturated heterocycles. The fraction of sp³-hybridized carbons (Fsp3) is 0.556. The molecule has 0 aromatic heterocycles. The molecule has 0 radical (unpaired) electrons. The van der Waals surface area contributed by atoms with Crippen LogP contribution >= 0.6 is 11.8 Å². The Kier molecular flexibility index (Phi) is 7.55.